The standard InChI is InChI=1S/C19H18FN5/c1-25(12-13-3-2-4-16(20)7-13)19-11-23-18-8-14(15(9-21)10-22)5-6-17(18)24-19/h2-11,21H,12,22H2,1H3/b15-10+,21-9?. The van der Waals surface area contributed by atoms with Crippen molar-refractivity contribution in [2.24, 2.45) is 5.73 Å². The van der Waals surface area contributed by atoms with E-state index in [0.29, 0.717) is 17.9 Å². The highest BCUT2D eigenvalue weighted by Crippen LogP contribution is 2.20. The number of nitrogens with one attached hydrogen (secondary N) is 1. The molecule has 0 saturated carbocycles. The number of nitrogens with two attached hydrogens (primary N) is 1. The molecular formula is C19H18FN5. The van der Waals surface area contributed by atoms with Crippen LogP contribution in [-0.4, -0.2) is 23.2 Å². The molecule has 6 heteroatoms. The van der Waals surface area contributed by atoms with Gasteiger partial charge >= 0.3 is 0 Å². The summed E-state index contributed by atoms with van der Waals surface area (Å²) in [4.78, 5) is 11.0. The summed E-state index contributed by atoms with van der Waals surface area (Å²) in [6.45, 7) is 0.532. The summed E-state index contributed by atoms with van der Waals surface area (Å²) < 4.78 is 13.3. The van der Waals surface area contributed by atoms with Gasteiger partial charge in [0, 0.05) is 31.6 Å². The summed E-state index contributed by atoms with van der Waals surface area (Å²) in [6.07, 6.45) is 4.28. The first-order chi connectivity index (χ1) is 12.1. The average Bonchev–Trinajstić information content (AvgIpc) is 2.62. The number of halogens is 1. The van der Waals surface area contributed by atoms with Crippen LogP contribution >= 0.6 is 0 Å². The van der Waals surface area contributed by atoms with Crippen molar-refractivity contribution in [2.45, 2.75) is 6.54 Å². The molecule has 0 atom stereocenters. The molecule has 126 valence electrons. The number of rotatable bonds is 5. The third kappa shape index (κ3) is 3.63. The third-order valence-electron chi connectivity index (χ3n) is 3.90. The molecule has 0 unspecified atom stereocenters. The van der Waals surface area contributed by atoms with Crippen LogP contribution in [0.3, 0.4) is 0 Å². The van der Waals surface area contributed by atoms with Gasteiger partial charge < -0.3 is 16.0 Å². The van der Waals surface area contributed by atoms with Crippen LogP contribution in [0.4, 0.5) is 10.2 Å². The van der Waals surface area contributed by atoms with Crippen LogP contribution < -0.4 is 10.6 Å². The maximum absolute atomic E-state index is 13.3. The van der Waals surface area contributed by atoms with Crippen LogP contribution in [0.15, 0.2) is 54.9 Å². The van der Waals surface area contributed by atoms with Crippen LogP contribution in [-0.2, 0) is 6.54 Å². The van der Waals surface area contributed by atoms with E-state index < -0.39 is 0 Å². The predicted octanol–water partition coefficient (Wildman–Crippen LogP) is 3.35. The molecule has 25 heavy (non-hydrogen) atoms. The van der Waals surface area contributed by atoms with Crippen molar-refractivity contribution < 1.29 is 4.39 Å². The normalized spacial score (nSPS) is 11.5. The molecule has 0 saturated heterocycles. The second-order valence-electron chi connectivity index (χ2n) is 5.68. The van der Waals surface area contributed by atoms with Gasteiger partial charge in [0.2, 0.25) is 0 Å². The van der Waals surface area contributed by atoms with Gasteiger partial charge in [-0.3, -0.25) is 4.98 Å². The molecule has 2 aromatic carbocycles. The second kappa shape index (κ2) is 7.09. The summed E-state index contributed by atoms with van der Waals surface area (Å²) in [5.74, 6) is 0.448. The number of nitrogens with zero attached hydrogens (tertiary/aromatic N) is 3. The molecule has 0 amide bonds. The van der Waals surface area contributed by atoms with Gasteiger partial charge in [0.15, 0.2) is 0 Å². The van der Waals surface area contributed by atoms with Crippen molar-refractivity contribution in [2.75, 3.05) is 11.9 Å². The van der Waals surface area contributed by atoms with Gasteiger partial charge in [0.25, 0.3) is 0 Å². The molecule has 0 spiro atoms. The molecule has 5 nitrogen and oxygen atoms in total. The van der Waals surface area contributed by atoms with Crippen molar-refractivity contribution in [3.63, 3.8) is 0 Å². The topological polar surface area (TPSA) is 78.9 Å². The fourth-order valence-corrected chi connectivity index (χ4v) is 2.58. The van der Waals surface area contributed by atoms with Gasteiger partial charge in [0.1, 0.15) is 11.6 Å². The molecule has 1 aromatic heterocycles. The molecule has 0 aliphatic rings. The van der Waals surface area contributed by atoms with Gasteiger partial charge in [-0.15, -0.1) is 0 Å². The quantitative estimate of drug-likeness (QED) is 0.701. The molecule has 0 bridgehead atoms. The Morgan fingerprint density at radius 1 is 1.24 bits per heavy atom. The van der Waals surface area contributed by atoms with Crippen LogP contribution in [0.1, 0.15) is 11.1 Å². The lowest BCUT2D eigenvalue weighted by atomic mass is 10.1. The summed E-state index contributed by atoms with van der Waals surface area (Å²) >= 11 is 0. The zero-order chi connectivity index (χ0) is 17.8. The zero-order valence-electron chi connectivity index (χ0n) is 13.8. The number of hydrogen-bond acceptors (Lipinski definition) is 5. The largest absolute Gasteiger partial charge is 0.404 e. The van der Waals surface area contributed by atoms with Crippen LogP contribution in [0.2, 0.25) is 0 Å². The Morgan fingerprint density at radius 3 is 2.80 bits per heavy atom. The summed E-state index contributed by atoms with van der Waals surface area (Å²) in [7, 11) is 1.89. The maximum Gasteiger partial charge on any atom is 0.147 e. The Bertz CT molecular complexity index is 951. The predicted molar refractivity (Wildman–Crippen MR) is 99.0 cm³/mol. The molecule has 3 rings (SSSR count). The lowest BCUT2D eigenvalue weighted by Crippen LogP contribution is -2.18. The lowest BCUT2D eigenvalue weighted by Gasteiger charge is -2.18. The minimum atomic E-state index is -0.252. The van der Waals surface area contributed by atoms with Crippen molar-refractivity contribution in [1.82, 2.24) is 9.97 Å². The Labute approximate surface area is 145 Å². The molecule has 3 N–H and O–H groups in total. The fraction of sp³-hybridized carbons (Fsp3) is 0.105. The van der Waals surface area contributed by atoms with Gasteiger partial charge in [-0.05, 0) is 35.4 Å². The van der Waals surface area contributed by atoms with Gasteiger partial charge in [-0.1, -0.05) is 18.2 Å². The molecule has 1 heterocycles. The highest BCUT2D eigenvalue weighted by molar-refractivity contribution is 6.08. The number of aromatic nitrogens is 2. The van der Waals surface area contributed by atoms with Crippen LogP contribution in [0, 0.1) is 11.2 Å². The number of anilines is 1. The first-order valence-corrected chi connectivity index (χ1v) is 7.76. The molecule has 0 aliphatic heterocycles. The van der Waals surface area contributed by atoms with E-state index >= 15 is 0 Å². The highest BCUT2D eigenvalue weighted by atomic mass is 19.1. The van der Waals surface area contributed by atoms with Crippen molar-refractivity contribution >= 4 is 28.6 Å². The first kappa shape index (κ1) is 16.6. The summed E-state index contributed by atoms with van der Waals surface area (Å²) in [6, 6.07) is 12.1. The van der Waals surface area contributed by atoms with Crippen LogP contribution in [0.5, 0.6) is 0 Å². The van der Waals surface area contributed by atoms with Gasteiger partial charge in [0.05, 0.1) is 17.2 Å². The van der Waals surface area contributed by atoms with E-state index in [4.69, 9.17) is 11.1 Å². The molecule has 0 radical (unpaired) electrons. The van der Waals surface area contributed by atoms with E-state index in [0.717, 1.165) is 22.2 Å². The van der Waals surface area contributed by atoms with E-state index in [1.54, 1.807) is 12.3 Å². The van der Waals surface area contributed by atoms with E-state index in [9.17, 15) is 4.39 Å². The lowest BCUT2D eigenvalue weighted by molar-refractivity contribution is 0.625. The SMILES string of the molecule is CN(Cc1cccc(F)c1)c1cnc2cc(/C(C=N)=C/N)ccc2n1. The average molecular weight is 335 g/mol. The first-order valence-electron chi connectivity index (χ1n) is 7.76. The zero-order valence-corrected chi connectivity index (χ0v) is 13.8. The molecular weight excluding hydrogens is 317 g/mol. The van der Waals surface area contributed by atoms with E-state index in [1.807, 2.05) is 36.2 Å². The van der Waals surface area contributed by atoms with Crippen molar-refractivity contribution in [3.05, 3.63) is 71.8 Å². The van der Waals surface area contributed by atoms with Gasteiger partial charge in [-0.2, -0.15) is 0 Å². The van der Waals surface area contributed by atoms with Crippen molar-refractivity contribution in [3.8, 4) is 0 Å². The highest BCUT2D eigenvalue weighted by Gasteiger charge is 2.08. The molecule has 3 aromatic rings. The fourth-order valence-electron chi connectivity index (χ4n) is 2.58. The van der Waals surface area contributed by atoms with Gasteiger partial charge in [-0.25, -0.2) is 9.37 Å². The summed E-state index contributed by atoms with van der Waals surface area (Å²) in [5, 5.41) is 7.37. The minimum absolute atomic E-state index is 0.252. The summed E-state index contributed by atoms with van der Waals surface area (Å²) in [5.41, 5.74) is 9.30. The minimum Gasteiger partial charge on any atom is -0.404 e. The third-order valence-corrected chi connectivity index (χ3v) is 3.90. The monoisotopic (exact) mass is 335 g/mol. The number of benzene rings is 2. The van der Waals surface area contributed by atoms with E-state index in [1.165, 1.54) is 24.5 Å². The smallest absolute Gasteiger partial charge is 0.147 e. The molecule has 0 fully saturated rings. The Kier molecular flexibility index (Phi) is 4.70. The Morgan fingerprint density at radius 2 is 2.08 bits per heavy atom. The van der Waals surface area contributed by atoms with Crippen LogP contribution in [0.25, 0.3) is 16.6 Å². The van der Waals surface area contributed by atoms with E-state index in [2.05, 4.69) is 9.97 Å². The van der Waals surface area contributed by atoms with E-state index in [-0.39, 0.29) is 5.82 Å². The number of allylic oxidation sites excluding steroid dienone is 1. The Balaban J connectivity index is 1.88. The Hall–Kier alpha value is -3.28. The maximum atomic E-state index is 13.3. The number of hydrogen-bond donors (Lipinski definition) is 2. The number of fused-ring (bicyclic) bond motifs is 1. The van der Waals surface area contributed by atoms with Crippen molar-refractivity contribution in [1.29, 1.82) is 5.41 Å². The second-order valence-corrected chi connectivity index (χ2v) is 5.68. The molecule has 0 aliphatic carbocycles.